The molecule has 2 fully saturated rings. The quantitative estimate of drug-likeness (QED) is 0.419. The van der Waals surface area contributed by atoms with Crippen molar-refractivity contribution in [3.05, 3.63) is 56.9 Å². The molecule has 0 radical (unpaired) electrons. The molecule has 0 aliphatic carbocycles. The van der Waals surface area contributed by atoms with E-state index in [2.05, 4.69) is 21.2 Å². The van der Waals surface area contributed by atoms with E-state index in [0.717, 1.165) is 22.2 Å². The van der Waals surface area contributed by atoms with Crippen LogP contribution in [0.3, 0.4) is 0 Å². The van der Waals surface area contributed by atoms with E-state index in [-0.39, 0.29) is 29.9 Å². The molecule has 0 unspecified atom stereocenters. The minimum Gasteiger partial charge on any atom is -0.490 e. The number of imide groups is 1. The molecule has 4 amide bonds. The standard InChI is InChI=1S/C27H28BrN3O7S/c1-3-37-21-13-18(12-20(28)25(21)38-16-23(32)29-19-6-4-5-17(2)11-19)14-22-26(34)31(27(35)39-22)15-24(33)30-7-9-36-10-8-30/h4-6,11-14H,3,7-10,15-16H2,1-2H3,(H,29,32)/b22-14-. The average molecular weight is 619 g/mol. The lowest BCUT2D eigenvalue weighted by molar-refractivity contribution is -0.139. The lowest BCUT2D eigenvalue weighted by Gasteiger charge is -2.28. The zero-order valence-electron chi connectivity index (χ0n) is 21.5. The minimum absolute atomic E-state index is 0.190. The van der Waals surface area contributed by atoms with Crippen LogP contribution in [0.5, 0.6) is 11.5 Å². The van der Waals surface area contributed by atoms with Crippen LogP contribution < -0.4 is 14.8 Å². The van der Waals surface area contributed by atoms with Crippen LogP contribution in [-0.4, -0.2) is 78.8 Å². The SMILES string of the molecule is CCOc1cc(/C=C2\SC(=O)N(CC(=O)N3CCOCC3)C2=O)cc(Br)c1OCC(=O)Nc1cccc(C)c1. The van der Waals surface area contributed by atoms with Crippen LogP contribution in [0.1, 0.15) is 18.1 Å². The average Bonchev–Trinajstić information content (AvgIpc) is 3.16. The van der Waals surface area contributed by atoms with Crippen LogP contribution in [0.2, 0.25) is 0 Å². The van der Waals surface area contributed by atoms with E-state index in [4.69, 9.17) is 14.2 Å². The summed E-state index contributed by atoms with van der Waals surface area (Å²) in [6.07, 6.45) is 1.56. The number of halogens is 1. The fourth-order valence-electron chi connectivity index (χ4n) is 3.97. The lowest BCUT2D eigenvalue weighted by atomic mass is 10.2. The number of morpholine rings is 1. The highest BCUT2D eigenvalue weighted by molar-refractivity contribution is 9.10. The topological polar surface area (TPSA) is 114 Å². The van der Waals surface area contributed by atoms with Gasteiger partial charge in [0, 0.05) is 18.8 Å². The van der Waals surface area contributed by atoms with E-state index in [1.165, 1.54) is 0 Å². The number of nitrogens with zero attached hydrogens (tertiary/aromatic N) is 2. The molecule has 0 atom stereocenters. The molecule has 0 spiro atoms. The number of nitrogens with one attached hydrogen (secondary N) is 1. The van der Waals surface area contributed by atoms with Crippen LogP contribution >= 0.6 is 27.7 Å². The molecule has 0 aromatic heterocycles. The van der Waals surface area contributed by atoms with Gasteiger partial charge in [0.1, 0.15) is 6.54 Å². The van der Waals surface area contributed by atoms with Crippen molar-refractivity contribution in [1.82, 2.24) is 9.80 Å². The Balaban J connectivity index is 1.45. The predicted octanol–water partition coefficient (Wildman–Crippen LogP) is 4.07. The van der Waals surface area contributed by atoms with Crippen molar-refractivity contribution in [3.8, 4) is 11.5 Å². The van der Waals surface area contributed by atoms with Gasteiger partial charge >= 0.3 is 0 Å². The number of hydrogen-bond donors (Lipinski definition) is 1. The summed E-state index contributed by atoms with van der Waals surface area (Å²) in [5, 5.41) is 2.29. The molecule has 39 heavy (non-hydrogen) atoms. The number of aryl methyl sites for hydroxylation is 1. The Hall–Kier alpha value is -3.35. The summed E-state index contributed by atoms with van der Waals surface area (Å²) in [5.74, 6) is -0.467. The van der Waals surface area contributed by atoms with Gasteiger partial charge in [0.05, 0.1) is 29.2 Å². The minimum atomic E-state index is -0.533. The molecule has 206 valence electrons. The van der Waals surface area contributed by atoms with Crippen LogP contribution in [0.15, 0.2) is 45.8 Å². The smallest absolute Gasteiger partial charge is 0.294 e. The maximum Gasteiger partial charge on any atom is 0.294 e. The molecule has 1 N–H and O–H groups in total. The first-order valence-electron chi connectivity index (χ1n) is 12.3. The Morgan fingerprint density at radius 1 is 1.15 bits per heavy atom. The van der Waals surface area contributed by atoms with E-state index in [1.807, 2.05) is 32.0 Å². The van der Waals surface area contributed by atoms with Gasteiger partial charge in [-0.2, -0.15) is 0 Å². The lowest BCUT2D eigenvalue weighted by Crippen LogP contribution is -2.46. The molecular weight excluding hydrogens is 590 g/mol. The van der Waals surface area contributed by atoms with Crippen molar-refractivity contribution in [3.63, 3.8) is 0 Å². The number of carbonyl (C=O) groups is 4. The first-order chi connectivity index (χ1) is 18.7. The molecule has 2 aliphatic rings. The van der Waals surface area contributed by atoms with Crippen LogP contribution in [-0.2, 0) is 19.1 Å². The number of hydrogen-bond acceptors (Lipinski definition) is 8. The zero-order valence-corrected chi connectivity index (χ0v) is 23.9. The number of thioether (sulfide) groups is 1. The molecule has 12 heteroatoms. The molecule has 10 nitrogen and oxygen atoms in total. The van der Waals surface area contributed by atoms with Crippen molar-refractivity contribution in [1.29, 1.82) is 0 Å². The number of carbonyl (C=O) groups excluding carboxylic acids is 4. The summed E-state index contributed by atoms with van der Waals surface area (Å²) < 4.78 is 17.3. The predicted molar refractivity (Wildman–Crippen MR) is 151 cm³/mol. The van der Waals surface area contributed by atoms with Crippen LogP contribution in [0, 0.1) is 6.92 Å². The first-order valence-corrected chi connectivity index (χ1v) is 13.9. The normalized spacial score (nSPS) is 16.5. The van der Waals surface area contributed by atoms with Crippen molar-refractivity contribution in [2.24, 2.45) is 0 Å². The Morgan fingerprint density at radius 2 is 1.92 bits per heavy atom. The molecule has 2 saturated heterocycles. The van der Waals surface area contributed by atoms with Crippen molar-refractivity contribution in [2.75, 3.05) is 51.4 Å². The Morgan fingerprint density at radius 3 is 2.64 bits per heavy atom. The third kappa shape index (κ3) is 7.40. The highest BCUT2D eigenvalue weighted by Gasteiger charge is 2.37. The van der Waals surface area contributed by atoms with Crippen molar-refractivity contribution in [2.45, 2.75) is 13.8 Å². The van der Waals surface area contributed by atoms with Crippen LogP contribution in [0.25, 0.3) is 6.08 Å². The second-order valence-corrected chi connectivity index (χ2v) is 10.6. The summed E-state index contributed by atoms with van der Waals surface area (Å²) in [5.41, 5.74) is 2.27. The largest absolute Gasteiger partial charge is 0.490 e. The summed E-state index contributed by atoms with van der Waals surface area (Å²) in [7, 11) is 0. The monoisotopic (exact) mass is 617 g/mol. The van der Waals surface area contributed by atoms with Gasteiger partial charge in [0.25, 0.3) is 17.1 Å². The van der Waals surface area contributed by atoms with Gasteiger partial charge < -0.3 is 24.4 Å². The van der Waals surface area contributed by atoms with Gasteiger partial charge in [0.2, 0.25) is 5.91 Å². The number of anilines is 1. The number of benzene rings is 2. The van der Waals surface area contributed by atoms with Crippen LogP contribution in [0.4, 0.5) is 10.5 Å². The Kier molecular flexibility index (Phi) is 9.65. The number of rotatable bonds is 9. The first kappa shape index (κ1) is 28.7. The second kappa shape index (κ2) is 13.1. The molecule has 2 aliphatic heterocycles. The van der Waals surface area contributed by atoms with Gasteiger partial charge in [-0.25, -0.2) is 0 Å². The summed E-state index contributed by atoms with van der Waals surface area (Å²) in [4.78, 5) is 53.2. The van der Waals surface area contributed by atoms with E-state index in [0.29, 0.717) is 60.1 Å². The molecule has 0 bridgehead atoms. The molecule has 2 heterocycles. The van der Waals surface area contributed by atoms with Crippen molar-refractivity contribution < 1.29 is 33.4 Å². The zero-order chi connectivity index (χ0) is 27.9. The van der Waals surface area contributed by atoms with Gasteiger partial charge in [0.15, 0.2) is 18.1 Å². The third-order valence-corrected chi connectivity index (χ3v) is 7.31. The molecule has 2 aromatic carbocycles. The Labute approximate surface area is 238 Å². The fraction of sp³-hybridized carbons (Fsp3) is 0.333. The van der Waals surface area contributed by atoms with Gasteiger partial charge in [-0.1, -0.05) is 12.1 Å². The summed E-state index contributed by atoms with van der Waals surface area (Å²) in [6, 6.07) is 10.8. The summed E-state index contributed by atoms with van der Waals surface area (Å²) >= 11 is 4.24. The molecule has 2 aromatic rings. The fourth-order valence-corrected chi connectivity index (χ4v) is 5.38. The number of ether oxygens (including phenoxy) is 3. The van der Waals surface area contributed by atoms with E-state index in [1.54, 1.807) is 29.2 Å². The second-order valence-electron chi connectivity index (χ2n) is 8.73. The van der Waals surface area contributed by atoms with E-state index >= 15 is 0 Å². The van der Waals surface area contributed by atoms with E-state index in [9.17, 15) is 19.2 Å². The van der Waals surface area contributed by atoms with Gasteiger partial charge in [-0.05, 0) is 83.0 Å². The van der Waals surface area contributed by atoms with Crippen molar-refractivity contribution >= 4 is 62.4 Å². The Bertz CT molecular complexity index is 1310. The van der Waals surface area contributed by atoms with E-state index < -0.39 is 11.1 Å². The summed E-state index contributed by atoms with van der Waals surface area (Å²) in [6.45, 7) is 5.25. The maximum absolute atomic E-state index is 13.0. The molecule has 0 saturated carbocycles. The number of amides is 4. The molecule has 4 rings (SSSR count). The van der Waals surface area contributed by atoms with Gasteiger partial charge in [-0.3, -0.25) is 24.1 Å². The third-order valence-electron chi connectivity index (χ3n) is 5.81. The highest BCUT2D eigenvalue weighted by Crippen LogP contribution is 2.39. The highest BCUT2D eigenvalue weighted by atomic mass is 79.9. The maximum atomic E-state index is 13.0. The van der Waals surface area contributed by atoms with Gasteiger partial charge in [-0.15, -0.1) is 0 Å². The molecular formula is C27H28BrN3O7S.